The molecule has 96 valence electrons. The summed E-state index contributed by atoms with van der Waals surface area (Å²) in [7, 11) is 3.25. The van der Waals surface area contributed by atoms with Crippen molar-refractivity contribution in [1.29, 1.82) is 0 Å². The average Bonchev–Trinajstić information content (AvgIpc) is 2.81. The molecule has 2 rings (SSSR count). The highest BCUT2D eigenvalue weighted by Crippen LogP contribution is 2.26. The summed E-state index contributed by atoms with van der Waals surface area (Å²) in [5.74, 6) is 1.50. The number of hydrogen-bond acceptors (Lipinski definition) is 5. The zero-order valence-corrected chi connectivity index (χ0v) is 11.6. The third kappa shape index (κ3) is 3.27. The first-order chi connectivity index (χ1) is 8.71. The molecule has 0 fully saturated rings. The molecule has 2 aromatic rings. The number of nitrogens with zero attached hydrogens (tertiary/aromatic N) is 1. The second-order valence-electron chi connectivity index (χ2n) is 3.53. The van der Waals surface area contributed by atoms with Crippen LogP contribution in [-0.2, 0) is 6.54 Å². The van der Waals surface area contributed by atoms with Crippen molar-refractivity contribution in [2.45, 2.75) is 6.54 Å². The molecule has 0 aliphatic rings. The number of rotatable bonds is 5. The standard InChI is InChI=1S/C12H13ClN2O2S/c1-16-9-3-8(4-10(5-9)17-2)14-6-11-7-15-12(13)18-11/h3-5,7,14H,6H2,1-2H3. The van der Waals surface area contributed by atoms with Crippen LogP contribution in [0.5, 0.6) is 11.5 Å². The van der Waals surface area contributed by atoms with E-state index in [4.69, 9.17) is 21.1 Å². The number of methoxy groups -OCH3 is 2. The van der Waals surface area contributed by atoms with Crippen molar-refractivity contribution in [2.75, 3.05) is 19.5 Å². The van der Waals surface area contributed by atoms with E-state index in [0.717, 1.165) is 22.1 Å². The van der Waals surface area contributed by atoms with E-state index in [9.17, 15) is 0 Å². The fourth-order valence-corrected chi connectivity index (χ4v) is 2.38. The van der Waals surface area contributed by atoms with Gasteiger partial charge in [-0.3, -0.25) is 0 Å². The first kappa shape index (κ1) is 13.0. The summed E-state index contributed by atoms with van der Waals surface area (Å²) in [6, 6.07) is 5.64. The van der Waals surface area contributed by atoms with Crippen molar-refractivity contribution >= 4 is 28.6 Å². The third-order valence-corrected chi connectivity index (χ3v) is 3.46. The zero-order valence-electron chi connectivity index (χ0n) is 10.1. The highest BCUT2D eigenvalue weighted by molar-refractivity contribution is 7.15. The van der Waals surface area contributed by atoms with Gasteiger partial charge in [0.05, 0.1) is 20.8 Å². The van der Waals surface area contributed by atoms with Crippen molar-refractivity contribution in [1.82, 2.24) is 4.98 Å². The molecule has 18 heavy (non-hydrogen) atoms. The molecule has 0 spiro atoms. The van der Waals surface area contributed by atoms with Gasteiger partial charge in [-0.2, -0.15) is 0 Å². The summed E-state index contributed by atoms with van der Waals surface area (Å²) in [6.07, 6.45) is 1.76. The largest absolute Gasteiger partial charge is 0.497 e. The number of halogens is 1. The Labute approximate surface area is 115 Å². The lowest BCUT2D eigenvalue weighted by Crippen LogP contribution is -1.98. The Morgan fingerprint density at radius 3 is 2.39 bits per heavy atom. The van der Waals surface area contributed by atoms with Crippen LogP contribution in [0.4, 0.5) is 5.69 Å². The monoisotopic (exact) mass is 284 g/mol. The minimum atomic E-state index is 0.551. The fraction of sp³-hybridized carbons (Fsp3) is 0.250. The maximum Gasteiger partial charge on any atom is 0.183 e. The van der Waals surface area contributed by atoms with Gasteiger partial charge in [0.15, 0.2) is 4.47 Å². The number of nitrogens with one attached hydrogen (secondary N) is 1. The number of ether oxygens (including phenoxy) is 2. The van der Waals surface area contributed by atoms with E-state index in [1.54, 1.807) is 20.4 Å². The molecular formula is C12H13ClN2O2S. The number of aromatic nitrogens is 1. The first-order valence-electron chi connectivity index (χ1n) is 5.28. The van der Waals surface area contributed by atoms with Gasteiger partial charge in [-0.1, -0.05) is 11.6 Å². The number of thiazole rings is 1. The zero-order chi connectivity index (χ0) is 13.0. The lowest BCUT2D eigenvalue weighted by molar-refractivity contribution is 0.394. The first-order valence-corrected chi connectivity index (χ1v) is 6.48. The normalized spacial score (nSPS) is 10.2. The molecule has 0 amide bonds. The van der Waals surface area contributed by atoms with Crippen molar-refractivity contribution < 1.29 is 9.47 Å². The molecule has 4 nitrogen and oxygen atoms in total. The minimum Gasteiger partial charge on any atom is -0.497 e. The van der Waals surface area contributed by atoms with Crippen LogP contribution in [0.1, 0.15) is 4.88 Å². The van der Waals surface area contributed by atoms with Crippen molar-refractivity contribution in [3.8, 4) is 11.5 Å². The predicted octanol–water partition coefficient (Wildman–Crippen LogP) is 3.43. The molecule has 0 saturated carbocycles. The number of hydrogen-bond donors (Lipinski definition) is 1. The second kappa shape index (κ2) is 5.93. The highest BCUT2D eigenvalue weighted by atomic mass is 35.5. The van der Waals surface area contributed by atoms with E-state index in [1.807, 2.05) is 18.2 Å². The Hall–Kier alpha value is -1.46. The molecule has 0 atom stereocenters. The van der Waals surface area contributed by atoms with E-state index in [-0.39, 0.29) is 0 Å². The summed E-state index contributed by atoms with van der Waals surface area (Å²) in [5, 5.41) is 3.28. The quantitative estimate of drug-likeness (QED) is 0.913. The van der Waals surface area contributed by atoms with Crippen molar-refractivity contribution in [3.05, 3.63) is 33.7 Å². The maximum atomic E-state index is 5.78. The smallest absolute Gasteiger partial charge is 0.183 e. The maximum absolute atomic E-state index is 5.78. The fourth-order valence-electron chi connectivity index (χ4n) is 1.46. The predicted molar refractivity (Wildman–Crippen MR) is 74.0 cm³/mol. The van der Waals surface area contributed by atoms with Crippen LogP contribution in [0, 0.1) is 0 Å². The molecule has 1 aromatic heterocycles. The topological polar surface area (TPSA) is 43.4 Å². The molecule has 0 radical (unpaired) electrons. The van der Waals surface area contributed by atoms with Gasteiger partial charge in [0.2, 0.25) is 0 Å². The lowest BCUT2D eigenvalue weighted by atomic mass is 10.2. The van der Waals surface area contributed by atoms with Crippen LogP contribution in [0.2, 0.25) is 4.47 Å². The highest BCUT2D eigenvalue weighted by Gasteiger charge is 2.03. The van der Waals surface area contributed by atoms with Crippen molar-refractivity contribution in [3.63, 3.8) is 0 Å². The molecule has 0 bridgehead atoms. The van der Waals surface area contributed by atoms with Crippen molar-refractivity contribution in [2.24, 2.45) is 0 Å². The van der Waals surface area contributed by atoms with Gasteiger partial charge >= 0.3 is 0 Å². The Balaban J connectivity index is 2.08. The van der Waals surface area contributed by atoms with Crippen LogP contribution >= 0.6 is 22.9 Å². The lowest BCUT2D eigenvalue weighted by Gasteiger charge is -2.09. The molecule has 0 aliphatic carbocycles. The third-order valence-electron chi connectivity index (χ3n) is 2.34. The van der Waals surface area contributed by atoms with E-state index in [1.165, 1.54) is 11.3 Å². The van der Waals surface area contributed by atoms with Gasteiger partial charge < -0.3 is 14.8 Å². The van der Waals surface area contributed by atoms with Gasteiger partial charge in [0, 0.05) is 35.0 Å². The Bertz CT molecular complexity index is 508. The van der Waals surface area contributed by atoms with Crippen LogP contribution in [0.3, 0.4) is 0 Å². The SMILES string of the molecule is COc1cc(NCc2cnc(Cl)s2)cc(OC)c1. The summed E-state index contributed by atoms with van der Waals surface area (Å²) in [4.78, 5) is 5.06. The molecule has 0 saturated heterocycles. The molecule has 0 unspecified atom stereocenters. The summed E-state index contributed by atoms with van der Waals surface area (Å²) < 4.78 is 11.0. The second-order valence-corrected chi connectivity index (χ2v) is 5.23. The van der Waals surface area contributed by atoms with Crippen LogP contribution in [0.25, 0.3) is 0 Å². The summed E-state index contributed by atoms with van der Waals surface area (Å²) >= 11 is 7.23. The van der Waals surface area contributed by atoms with Gasteiger partial charge in [-0.05, 0) is 0 Å². The molecular weight excluding hydrogens is 272 g/mol. The van der Waals surface area contributed by atoms with Gasteiger partial charge in [0.25, 0.3) is 0 Å². The molecule has 1 heterocycles. The molecule has 1 aromatic carbocycles. The van der Waals surface area contributed by atoms with Crippen LogP contribution < -0.4 is 14.8 Å². The minimum absolute atomic E-state index is 0.551. The molecule has 6 heteroatoms. The van der Waals surface area contributed by atoms with E-state index < -0.39 is 0 Å². The number of benzene rings is 1. The van der Waals surface area contributed by atoms with E-state index in [2.05, 4.69) is 10.3 Å². The molecule has 1 N–H and O–H groups in total. The van der Waals surface area contributed by atoms with Gasteiger partial charge in [-0.25, -0.2) is 4.98 Å². The van der Waals surface area contributed by atoms with Crippen LogP contribution in [-0.4, -0.2) is 19.2 Å². The Morgan fingerprint density at radius 2 is 1.89 bits per heavy atom. The van der Waals surface area contributed by atoms with Crippen LogP contribution in [0.15, 0.2) is 24.4 Å². The Kier molecular flexibility index (Phi) is 4.28. The summed E-state index contributed by atoms with van der Waals surface area (Å²) in [5.41, 5.74) is 0.927. The molecule has 0 aliphatic heterocycles. The average molecular weight is 285 g/mol. The number of anilines is 1. The van der Waals surface area contributed by atoms with E-state index >= 15 is 0 Å². The van der Waals surface area contributed by atoms with E-state index in [0.29, 0.717) is 11.0 Å². The van der Waals surface area contributed by atoms with Gasteiger partial charge in [0.1, 0.15) is 11.5 Å². The van der Waals surface area contributed by atoms with Gasteiger partial charge in [-0.15, -0.1) is 11.3 Å². The summed E-state index contributed by atoms with van der Waals surface area (Å²) in [6.45, 7) is 0.667. The Morgan fingerprint density at radius 1 is 1.22 bits per heavy atom.